The maximum atomic E-state index is 2.48. The van der Waals surface area contributed by atoms with Crippen molar-refractivity contribution in [1.29, 1.82) is 0 Å². The molecule has 0 N–H and O–H groups in total. The molecular weight excluding hydrogens is 352 g/mol. The summed E-state index contributed by atoms with van der Waals surface area (Å²) in [7, 11) is 0. The lowest BCUT2D eigenvalue weighted by Crippen LogP contribution is -2.38. The zero-order chi connectivity index (χ0) is 20.1. The quantitative estimate of drug-likeness (QED) is 0.417. The molecule has 0 radical (unpaired) electrons. The molecule has 0 bridgehead atoms. The van der Waals surface area contributed by atoms with Crippen LogP contribution in [0.4, 0.5) is 5.69 Å². The minimum Gasteiger partial charge on any atom is -0.341 e. The molecule has 148 valence electrons. The zero-order valence-corrected chi connectivity index (χ0v) is 17.6. The summed E-state index contributed by atoms with van der Waals surface area (Å²) in [5.41, 5.74) is 6.49. The molecule has 0 aliphatic carbocycles. The number of benzene rings is 2. The third-order valence-corrected chi connectivity index (χ3v) is 5.71. The highest BCUT2D eigenvalue weighted by Crippen LogP contribution is 2.31. The largest absolute Gasteiger partial charge is 0.341 e. The monoisotopic (exact) mass is 383 g/mol. The number of aromatic nitrogens is 1. The van der Waals surface area contributed by atoms with Gasteiger partial charge >= 0.3 is 0 Å². The zero-order valence-electron chi connectivity index (χ0n) is 17.6. The first kappa shape index (κ1) is 19.4. The number of rotatable bonds is 7. The first-order valence-corrected chi connectivity index (χ1v) is 11.0. The Kier molecular flexibility index (Phi) is 6.09. The number of unbranched alkanes of at least 4 members (excludes halogenated alkanes) is 2. The van der Waals surface area contributed by atoms with Gasteiger partial charge in [0.05, 0.1) is 0 Å². The molecule has 1 aliphatic heterocycles. The Bertz CT molecular complexity index is 1050. The van der Waals surface area contributed by atoms with Gasteiger partial charge in [-0.3, -0.25) is 0 Å². The first-order valence-electron chi connectivity index (χ1n) is 11.0. The van der Waals surface area contributed by atoms with Gasteiger partial charge in [-0.25, -0.2) is 0 Å². The van der Waals surface area contributed by atoms with E-state index in [4.69, 9.17) is 0 Å². The van der Waals surface area contributed by atoms with Crippen LogP contribution in [0, 0.1) is 0 Å². The molecule has 0 saturated carbocycles. The number of allylic oxidation sites excluding steroid dienone is 1. The highest BCUT2D eigenvalue weighted by Gasteiger charge is 2.20. The van der Waals surface area contributed by atoms with Crippen molar-refractivity contribution in [2.75, 3.05) is 11.4 Å². The second kappa shape index (κ2) is 9.09. The summed E-state index contributed by atoms with van der Waals surface area (Å²) in [5.74, 6) is 0. The van der Waals surface area contributed by atoms with E-state index in [1.807, 2.05) is 0 Å². The number of para-hydroxylation sites is 2. The van der Waals surface area contributed by atoms with E-state index in [-0.39, 0.29) is 0 Å². The Labute approximate surface area is 174 Å². The molecule has 3 aromatic rings. The number of anilines is 1. The van der Waals surface area contributed by atoms with Crippen LogP contribution in [0.3, 0.4) is 0 Å². The summed E-state index contributed by atoms with van der Waals surface area (Å²) in [6.07, 6.45) is 11.7. The summed E-state index contributed by atoms with van der Waals surface area (Å²) >= 11 is 0. The van der Waals surface area contributed by atoms with Crippen LogP contribution < -0.4 is 9.47 Å². The predicted molar refractivity (Wildman–Crippen MR) is 125 cm³/mol. The van der Waals surface area contributed by atoms with Crippen LogP contribution >= 0.6 is 0 Å². The number of aryl methyl sites for hydroxylation is 1. The van der Waals surface area contributed by atoms with Crippen LogP contribution in [0.1, 0.15) is 50.8 Å². The third-order valence-electron chi connectivity index (χ3n) is 5.71. The van der Waals surface area contributed by atoms with E-state index in [9.17, 15) is 0 Å². The van der Waals surface area contributed by atoms with E-state index in [1.54, 1.807) is 0 Å². The van der Waals surface area contributed by atoms with E-state index in [0.29, 0.717) is 0 Å². The molecule has 0 amide bonds. The number of nitrogens with zero attached hydrogens (tertiary/aromatic N) is 2. The van der Waals surface area contributed by atoms with E-state index in [1.165, 1.54) is 59.2 Å². The van der Waals surface area contributed by atoms with Gasteiger partial charge in [-0.1, -0.05) is 63.1 Å². The van der Waals surface area contributed by atoms with Crippen LogP contribution in [0.15, 0.2) is 72.4 Å². The predicted octanol–water partition coefficient (Wildman–Crippen LogP) is 6.60. The Morgan fingerprint density at radius 1 is 0.828 bits per heavy atom. The third kappa shape index (κ3) is 4.12. The van der Waals surface area contributed by atoms with Gasteiger partial charge in [-0.15, -0.1) is 0 Å². The van der Waals surface area contributed by atoms with Crippen molar-refractivity contribution in [1.82, 2.24) is 0 Å². The number of hydrogen-bond donors (Lipinski definition) is 0. The lowest BCUT2D eigenvalue weighted by Gasteiger charge is -2.30. The fourth-order valence-electron chi connectivity index (χ4n) is 4.09. The Balaban J connectivity index is 1.80. The van der Waals surface area contributed by atoms with Crippen molar-refractivity contribution < 1.29 is 4.57 Å². The molecule has 1 aliphatic rings. The molecule has 0 fully saturated rings. The fraction of sp³-hybridized carbons (Fsp3) is 0.296. The molecule has 29 heavy (non-hydrogen) atoms. The minimum absolute atomic E-state index is 1.05. The Hall–Kier alpha value is -2.87. The fourth-order valence-corrected chi connectivity index (χ4v) is 4.09. The molecule has 2 heteroatoms. The van der Waals surface area contributed by atoms with Crippen molar-refractivity contribution in [3.05, 3.63) is 83.7 Å². The van der Waals surface area contributed by atoms with Gasteiger partial charge in [-0.2, -0.15) is 4.57 Å². The minimum atomic E-state index is 1.05. The second-order valence-corrected chi connectivity index (χ2v) is 7.79. The van der Waals surface area contributed by atoms with Crippen LogP contribution in [0.2, 0.25) is 0 Å². The second-order valence-electron chi connectivity index (χ2n) is 7.79. The van der Waals surface area contributed by atoms with Crippen LogP contribution in [0.5, 0.6) is 0 Å². The summed E-state index contributed by atoms with van der Waals surface area (Å²) in [6.45, 7) is 6.62. The highest BCUT2D eigenvalue weighted by molar-refractivity contribution is 5.80. The summed E-state index contributed by atoms with van der Waals surface area (Å²) in [5, 5.41) is 1.30. The maximum Gasteiger partial charge on any atom is 0.212 e. The first-order chi connectivity index (χ1) is 14.3. The van der Waals surface area contributed by atoms with E-state index in [2.05, 4.69) is 102 Å². The van der Waals surface area contributed by atoms with Crippen LogP contribution in [-0.2, 0) is 6.54 Å². The summed E-state index contributed by atoms with van der Waals surface area (Å²) in [4.78, 5) is 2.48. The van der Waals surface area contributed by atoms with Crippen LogP contribution in [0.25, 0.3) is 23.1 Å². The van der Waals surface area contributed by atoms with Gasteiger partial charge in [0.15, 0.2) is 0 Å². The molecular formula is C27H31N2+. The molecule has 2 aromatic carbocycles. The van der Waals surface area contributed by atoms with Gasteiger partial charge in [0.2, 0.25) is 11.2 Å². The molecule has 0 atom stereocenters. The van der Waals surface area contributed by atoms with Crippen molar-refractivity contribution in [2.24, 2.45) is 0 Å². The average Bonchev–Trinajstić information content (AvgIpc) is 2.77. The van der Waals surface area contributed by atoms with Gasteiger partial charge in [0.25, 0.3) is 0 Å². The van der Waals surface area contributed by atoms with Crippen molar-refractivity contribution in [3.8, 4) is 0 Å². The molecule has 4 rings (SSSR count). The molecule has 0 spiro atoms. The number of pyridine rings is 1. The topological polar surface area (TPSA) is 7.12 Å². The highest BCUT2D eigenvalue weighted by atomic mass is 15.1. The SMILES string of the molecule is CCCCN1/C(=C/c2ccc3ccccc3[n+]2CCCC)C=Cc2ccccc21. The molecule has 1 aromatic heterocycles. The average molecular weight is 384 g/mol. The van der Waals surface area contributed by atoms with Crippen molar-refractivity contribution in [3.63, 3.8) is 0 Å². The van der Waals surface area contributed by atoms with Gasteiger partial charge in [0.1, 0.15) is 6.54 Å². The van der Waals surface area contributed by atoms with Crippen molar-refractivity contribution >= 4 is 28.7 Å². The number of fused-ring (bicyclic) bond motifs is 2. The van der Waals surface area contributed by atoms with Gasteiger partial charge < -0.3 is 4.90 Å². The van der Waals surface area contributed by atoms with E-state index in [0.717, 1.165) is 13.1 Å². The molecule has 0 unspecified atom stereocenters. The van der Waals surface area contributed by atoms with Gasteiger partial charge in [0, 0.05) is 47.9 Å². The normalized spacial score (nSPS) is 14.6. The maximum absolute atomic E-state index is 2.48. The summed E-state index contributed by atoms with van der Waals surface area (Å²) in [6, 6.07) is 22.0. The van der Waals surface area contributed by atoms with Crippen LogP contribution in [-0.4, -0.2) is 6.54 Å². The lowest BCUT2D eigenvalue weighted by molar-refractivity contribution is -0.673. The van der Waals surface area contributed by atoms with Crippen molar-refractivity contribution in [2.45, 2.75) is 46.1 Å². The number of hydrogen-bond acceptors (Lipinski definition) is 1. The molecule has 2 heterocycles. The Morgan fingerprint density at radius 2 is 1.62 bits per heavy atom. The molecule has 0 saturated heterocycles. The van der Waals surface area contributed by atoms with E-state index >= 15 is 0 Å². The Morgan fingerprint density at radius 3 is 2.48 bits per heavy atom. The van der Waals surface area contributed by atoms with Gasteiger partial charge in [-0.05, 0) is 36.3 Å². The standard InChI is InChI=1S/C27H31N2/c1-3-5-19-28-24(17-15-22-11-7-9-13-26(22)28)21-25-18-16-23-12-8-10-14-27(23)29(25)20-6-4-2/h7-18,21H,3-6,19-20H2,1-2H3/q+1. The lowest BCUT2D eigenvalue weighted by atomic mass is 10.0. The van der Waals surface area contributed by atoms with E-state index < -0.39 is 0 Å². The molecule has 2 nitrogen and oxygen atoms in total. The summed E-state index contributed by atoms with van der Waals surface area (Å²) < 4.78 is 2.48. The smallest absolute Gasteiger partial charge is 0.212 e.